The minimum atomic E-state index is 0.200. The van der Waals surface area contributed by atoms with Gasteiger partial charge in [0.15, 0.2) is 0 Å². The van der Waals surface area contributed by atoms with Gasteiger partial charge in [-0.05, 0) is 31.5 Å². The molecule has 1 rings (SSSR count). The molecule has 1 N–H and O–H groups in total. The summed E-state index contributed by atoms with van der Waals surface area (Å²) < 4.78 is 0. The van der Waals surface area contributed by atoms with Gasteiger partial charge in [0.1, 0.15) is 5.75 Å². The molecule has 0 amide bonds. The first kappa shape index (κ1) is 14.3. The molecule has 0 bridgehead atoms. The first-order valence-corrected chi connectivity index (χ1v) is 6.28. The molecule has 0 fully saturated rings. The highest BCUT2D eigenvalue weighted by Gasteiger charge is 2.24. The average molecular weight is 256 g/mol. The second kappa shape index (κ2) is 5.28. The molecule has 3 heteroatoms. The lowest BCUT2D eigenvalue weighted by Gasteiger charge is -2.35. The fourth-order valence-corrected chi connectivity index (χ4v) is 1.98. The van der Waals surface area contributed by atoms with Crippen molar-refractivity contribution in [1.82, 2.24) is 4.90 Å². The maximum absolute atomic E-state index is 9.81. The Hall–Kier alpha value is -0.730. The number of phenolic OH excluding ortho intramolecular Hbond substituents is 1. The van der Waals surface area contributed by atoms with Crippen LogP contribution in [0.3, 0.4) is 0 Å². The zero-order valence-corrected chi connectivity index (χ0v) is 12.0. The number of aromatic hydroxyl groups is 1. The van der Waals surface area contributed by atoms with Crippen molar-refractivity contribution in [2.75, 3.05) is 7.05 Å². The van der Waals surface area contributed by atoms with Crippen molar-refractivity contribution in [1.29, 1.82) is 0 Å². The molecule has 1 unspecified atom stereocenters. The largest absolute Gasteiger partial charge is 0.508 e. The van der Waals surface area contributed by atoms with E-state index in [4.69, 9.17) is 11.6 Å². The van der Waals surface area contributed by atoms with E-state index in [-0.39, 0.29) is 11.2 Å². The average Bonchev–Trinajstić information content (AvgIpc) is 2.21. The minimum Gasteiger partial charge on any atom is -0.508 e. The van der Waals surface area contributed by atoms with E-state index in [1.165, 1.54) is 0 Å². The number of hydrogen-bond acceptors (Lipinski definition) is 2. The van der Waals surface area contributed by atoms with E-state index in [0.717, 1.165) is 5.56 Å². The normalized spacial score (nSPS) is 14.1. The van der Waals surface area contributed by atoms with Crippen LogP contribution in [0, 0.1) is 5.41 Å². The third kappa shape index (κ3) is 3.62. The van der Waals surface area contributed by atoms with Crippen LogP contribution >= 0.6 is 11.6 Å². The smallest absolute Gasteiger partial charge is 0.121 e. The molecular formula is C14H22ClNO. The van der Waals surface area contributed by atoms with Crippen LogP contribution in [0.25, 0.3) is 0 Å². The highest BCUT2D eigenvalue weighted by Crippen LogP contribution is 2.29. The van der Waals surface area contributed by atoms with Gasteiger partial charge in [-0.2, -0.15) is 0 Å². The standard InChI is InChI=1S/C14H22ClNO/c1-10(14(2,3)4)16(5)9-11-12(15)7-6-8-13(11)17/h6-8,10,17H,9H2,1-5H3. The summed E-state index contributed by atoms with van der Waals surface area (Å²) in [4.78, 5) is 2.21. The number of phenols is 1. The van der Waals surface area contributed by atoms with Gasteiger partial charge in [0.25, 0.3) is 0 Å². The van der Waals surface area contributed by atoms with Crippen LogP contribution in [0.15, 0.2) is 18.2 Å². The summed E-state index contributed by atoms with van der Waals surface area (Å²) in [5.41, 5.74) is 0.999. The van der Waals surface area contributed by atoms with Crippen molar-refractivity contribution >= 4 is 11.6 Å². The van der Waals surface area contributed by atoms with Crippen LogP contribution in [-0.2, 0) is 6.54 Å². The fraction of sp³-hybridized carbons (Fsp3) is 0.571. The summed E-state index contributed by atoms with van der Waals surface area (Å²) in [6.07, 6.45) is 0. The third-order valence-corrected chi connectivity index (χ3v) is 3.77. The van der Waals surface area contributed by atoms with Crippen molar-refractivity contribution in [2.45, 2.75) is 40.3 Å². The maximum atomic E-state index is 9.81. The van der Waals surface area contributed by atoms with Gasteiger partial charge in [0.05, 0.1) is 0 Å². The van der Waals surface area contributed by atoms with Crippen LogP contribution < -0.4 is 0 Å². The van der Waals surface area contributed by atoms with E-state index in [0.29, 0.717) is 17.6 Å². The van der Waals surface area contributed by atoms with Gasteiger partial charge < -0.3 is 5.11 Å². The third-order valence-electron chi connectivity index (χ3n) is 3.42. The number of benzene rings is 1. The van der Waals surface area contributed by atoms with E-state index < -0.39 is 0 Å². The molecule has 0 aromatic heterocycles. The Bertz CT molecular complexity index is 364. The van der Waals surface area contributed by atoms with Crippen molar-refractivity contribution in [3.05, 3.63) is 28.8 Å². The van der Waals surface area contributed by atoms with E-state index in [1.807, 2.05) is 6.07 Å². The molecule has 0 aliphatic carbocycles. The van der Waals surface area contributed by atoms with Gasteiger partial charge in [-0.1, -0.05) is 38.4 Å². The Morgan fingerprint density at radius 3 is 2.41 bits per heavy atom. The Kier molecular flexibility index (Phi) is 4.45. The summed E-state index contributed by atoms with van der Waals surface area (Å²) in [6.45, 7) is 9.47. The Balaban J connectivity index is 2.85. The summed E-state index contributed by atoms with van der Waals surface area (Å²) in [5, 5.41) is 10.4. The molecule has 0 aliphatic heterocycles. The minimum absolute atomic E-state index is 0.200. The molecule has 0 spiro atoms. The van der Waals surface area contributed by atoms with E-state index in [2.05, 4.69) is 39.6 Å². The molecule has 0 aliphatic rings. The van der Waals surface area contributed by atoms with Crippen LogP contribution in [0.1, 0.15) is 33.3 Å². The fourth-order valence-electron chi connectivity index (χ4n) is 1.75. The second-order valence-electron chi connectivity index (χ2n) is 5.69. The quantitative estimate of drug-likeness (QED) is 0.885. The zero-order chi connectivity index (χ0) is 13.2. The number of hydrogen-bond donors (Lipinski definition) is 1. The Morgan fingerprint density at radius 2 is 1.94 bits per heavy atom. The summed E-state index contributed by atoms with van der Waals surface area (Å²) in [7, 11) is 2.05. The number of rotatable bonds is 3. The van der Waals surface area contributed by atoms with Crippen molar-refractivity contribution in [3.8, 4) is 5.75 Å². The van der Waals surface area contributed by atoms with Crippen LogP contribution in [0.5, 0.6) is 5.75 Å². The lowest BCUT2D eigenvalue weighted by Crippen LogP contribution is -2.38. The molecule has 17 heavy (non-hydrogen) atoms. The van der Waals surface area contributed by atoms with Crippen LogP contribution in [0.4, 0.5) is 0 Å². The van der Waals surface area contributed by atoms with Gasteiger partial charge in [-0.3, -0.25) is 4.90 Å². The molecule has 0 saturated carbocycles. The predicted octanol–water partition coefficient (Wildman–Crippen LogP) is 3.91. The summed E-state index contributed by atoms with van der Waals surface area (Å²) in [6, 6.07) is 5.65. The first-order chi connectivity index (χ1) is 7.73. The summed E-state index contributed by atoms with van der Waals surface area (Å²) in [5.74, 6) is 0.269. The molecule has 0 heterocycles. The number of halogens is 1. The van der Waals surface area contributed by atoms with Gasteiger partial charge in [0, 0.05) is 23.2 Å². The van der Waals surface area contributed by atoms with Crippen molar-refractivity contribution < 1.29 is 5.11 Å². The molecule has 0 radical (unpaired) electrons. The molecular weight excluding hydrogens is 234 g/mol. The van der Waals surface area contributed by atoms with Crippen molar-refractivity contribution in [2.24, 2.45) is 5.41 Å². The lowest BCUT2D eigenvalue weighted by molar-refractivity contribution is 0.134. The van der Waals surface area contributed by atoms with E-state index in [9.17, 15) is 5.11 Å². The first-order valence-electron chi connectivity index (χ1n) is 5.90. The number of nitrogens with zero attached hydrogens (tertiary/aromatic N) is 1. The maximum Gasteiger partial charge on any atom is 0.121 e. The SMILES string of the molecule is CC(N(C)Cc1c(O)cccc1Cl)C(C)(C)C. The lowest BCUT2D eigenvalue weighted by atomic mass is 9.87. The van der Waals surface area contributed by atoms with E-state index in [1.54, 1.807) is 12.1 Å². The predicted molar refractivity (Wildman–Crippen MR) is 73.5 cm³/mol. The van der Waals surface area contributed by atoms with E-state index >= 15 is 0 Å². The Labute approximate surface area is 109 Å². The molecule has 96 valence electrons. The highest BCUT2D eigenvalue weighted by atomic mass is 35.5. The van der Waals surface area contributed by atoms with Gasteiger partial charge in [0.2, 0.25) is 0 Å². The molecule has 0 saturated heterocycles. The van der Waals surface area contributed by atoms with Gasteiger partial charge >= 0.3 is 0 Å². The monoisotopic (exact) mass is 255 g/mol. The van der Waals surface area contributed by atoms with Crippen molar-refractivity contribution in [3.63, 3.8) is 0 Å². The second-order valence-corrected chi connectivity index (χ2v) is 6.10. The molecule has 1 aromatic rings. The molecule has 1 aromatic carbocycles. The van der Waals surface area contributed by atoms with Crippen LogP contribution in [-0.4, -0.2) is 23.1 Å². The Morgan fingerprint density at radius 1 is 1.35 bits per heavy atom. The van der Waals surface area contributed by atoms with Gasteiger partial charge in [-0.15, -0.1) is 0 Å². The topological polar surface area (TPSA) is 23.5 Å². The zero-order valence-electron chi connectivity index (χ0n) is 11.3. The van der Waals surface area contributed by atoms with Gasteiger partial charge in [-0.25, -0.2) is 0 Å². The molecule has 1 atom stereocenters. The molecule has 2 nitrogen and oxygen atoms in total. The summed E-state index contributed by atoms with van der Waals surface area (Å²) >= 11 is 6.11. The highest BCUT2D eigenvalue weighted by molar-refractivity contribution is 6.31. The van der Waals surface area contributed by atoms with Crippen LogP contribution in [0.2, 0.25) is 5.02 Å².